The fourth-order valence-electron chi connectivity index (χ4n) is 1.89. The highest BCUT2D eigenvalue weighted by molar-refractivity contribution is 5.73. The van der Waals surface area contributed by atoms with Crippen LogP contribution in [-0.2, 0) is 6.54 Å². The second-order valence-electron chi connectivity index (χ2n) is 5.19. The lowest BCUT2D eigenvalue weighted by atomic mass is 10.2. The lowest BCUT2D eigenvalue weighted by molar-refractivity contribution is 0.113. The highest BCUT2D eigenvalue weighted by atomic mass is 16.4. The van der Waals surface area contributed by atoms with Crippen LogP contribution in [0, 0.1) is 19.8 Å². The van der Waals surface area contributed by atoms with Crippen LogP contribution in [0.4, 0.5) is 4.79 Å². The van der Waals surface area contributed by atoms with Gasteiger partial charge in [0.05, 0.1) is 18.3 Å². The molecule has 1 aliphatic carbocycles. The molecule has 0 radical (unpaired) electrons. The number of nitrogens with one attached hydrogen (secondary N) is 1. The van der Waals surface area contributed by atoms with Crippen LogP contribution in [0.2, 0.25) is 0 Å². The summed E-state index contributed by atoms with van der Waals surface area (Å²) in [6.07, 6.45) is 1.71. The van der Waals surface area contributed by atoms with E-state index in [2.05, 4.69) is 10.3 Å². The summed E-state index contributed by atoms with van der Waals surface area (Å²) >= 11 is 0. The largest absolute Gasteiger partial charge is 0.444 e. The molecule has 1 aromatic heterocycles. The Kier molecular flexibility index (Phi) is 4.09. The first-order valence-corrected chi connectivity index (χ1v) is 6.57. The quantitative estimate of drug-likeness (QED) is 0.840. The molecule has 2 amide bonds. The minimum Gasteiger partial charge on any atom is -0.444 e. The Morgan fingerprint density at radius 2 is 2.26 bits per heavy atom. The van der Waals surface area contributed by atoms with E-state index in [9.17, 15) is 9.90 Å². The Labute approximate surface area is 112 Å². The predicted octanol–water partition coefficient (Wildman–Crippen LogP) is 1.20. The standard InChI is InChI=1S/C13H21N3O3/c1-8-9(2)19-12(15-8)6-14-13(18)16(3)7-11(17)10-4-5-10/h10-11,17H,4-7H2,1-3H3,(H,14,18). The van der Waals surface area contributed by atoms with Gasteiger partial charge in [-0.15, -0.1) is 0 Å². The van der Waals surface area contributed by atoms with Crippen molar-refractivity contribution in [3.63, 3.8) is 0 Å². The van der Waals surface area contributed by atoms with Gasteiger partial charge in [0.15, 0.2) is 0 Å². The van der Waals surface area contributed by atoms with Gasteiger partial charge in [-0.05, 0) is 32.6 Å². The van der Waals surface area contributed by atoms with Crippen molar-refractivity contribution in [3.8, 4) is 0 Å². The number of amides is 2. The maximum absolute atomic E-state index is 11.8. The molecule has 0 aromatic carbocycles. The number of oxazole rings is 1. The van der Waals surface area contributed by atoms with E-state index in [4.69, 9.17) is 4.42 Å². The van der Waals surface area contributed by atoms with Gasteiger partial charge in [0, 0.05) is 13.6 Å². The first-order chi connectivity index (χ1) is 8.97. The highest BCUT2D eigenvalue weighted by Gasteiger charge is 2.31. The van der Waals surface area contributed by atoms with Gasteiger partial charge in [0.1, 0.15) is 5.76 Å². The molecule has 1 unspecified atom stereocenters. The molecule has 19 heavy (non-hydrogen) atoms. The molecule has 0 aliphatic heterocycles. The van der Waals surface area contributed by atoms with Crippen molar-refractivity contribution in [2.24, 2.45) is 5.92 Å². The fraction of sp³-hybridized carbons (Fsp3) is 0.692. The van der Waals surface area contributed by atoms with E-state index in [-0.39, 0.29) is 12.6 Å². The number of hydrogen-bond acceptors (Lipinski definition) is 4. The molecular formula is C13H21N3O3. The van der Waals surface area contributed by atoms with E-state index in [1.165, 1.54) is 4.90 Å². The number of hydrogen-bond donors (Lipinski definition) is 2. The molecule has 1 aliphatic rings. The Balaban J connectivity index is 1.76. The van der Waals surface area contributed by atoms with E-state index in [0.29, 0.717) is 18.4 Å². The minimum absolute atomic E-state index is 0.229. The summed E-state index contributed by atoms with van der Waals surface area (Å²) < 4.78 is 5.38. The zero-order valence-electron chi connectivity index (χ0n) is 11.6. The summed E-state index contributed by atoms with van der Waals surface area (Å²) in [6.45, 7) is 4.32. The van der Waals surface area contributed by atoms with Gasteiger partial charge in [-0.3, -0.25) is 0 Å². The molecule has 0 spiro atoms. The van der Waals surface area contributed by atoms with Crippen LogP contribution in [0.1, 0.15) is 30.2 Å². The van der Waals surface area contributed by atoms with Crippen LogP contribution in [-0.4, -0.2) is 40.7 Å². The maximum atomic E-state index is 11.8. The third kappa shape index (κ3) is 3.70. The minimum atomic E-state index is -0.415. The van der Waals surface area contributed by atoms with E-state index >= 15 is 0 Å². The predicted molar refractivity (Wildman–Crippen MR) is 69.6 cm³/mol. The van der Waals surface area contributed by atoms with Crippen LogP contribution in [0.15, 0.2) is 4.42 Å². The summed E-state index contributed by atoms with van der Waals surface area (Å²) in [5, 5.41) is 12.5. The molecule has 1 heterocycles. The number of nitrogens with zero attached hydrogens (tertiary/aromatic N) is 2. The molecule has 1 atom stereocenters. The second kappa shape index (κ2) is 5.61. The average molecular weight is 267 g/mol. The lowest BCUT2D eigenvalue weighted by Crippen LogP contribution is -2.41. The number of aliphatic hydroxyl groups excluding tert-OH is 1. The molecule has 1 fully saturated rings. The van der Waals surface area contributed by atoms with Gasteiger partial charge < -0.3 is 19.7 Å². The van der Waals surface area contributed by atoms with Crippen LogP contribution in [0.3, 0.4) is 0 Å². The number of likely N-dealkylation sites (N-methyl/N-ethyl adjacent to an activating group) is 1. The third-order valence-electron chi connectivity index (χ3n) is 3.44. The van der Waals surface area contributed by atoms with Crippen LogP contribution in [0.25, 0.3) is 0 Å². The van der Waals surface area contributed by atoms with E-state index in [1.807, 2.05) is 13.8 Å². The SMILES string of the molecule is Cc1nc(CNC(=O)N(C)CC(O)C2CC2)oc1C. The molecule has 0 saturated heterocycles. The highest BCUT2D eigenvalue weighted by Crippen LogP contribution is 2.32. The lowest BCUT2D eigenvalue weighted by Gasteiger charge is -2.20. The molecular weight excluding hydrogens is 246 g/mol. The van der Waals surface area contributed by atoms with Gasteiger partial charge >= 0.3 is 6.03 Å². The summed E-state index contributed by atoms with van der Waals surface area (Å²) in [6, 6.07) is -0.229. The van der Waals surface area contributed by atoms with Crippen molar-refractivity contribution in [1.82, 2.24) is 15.2 Å². The number of aliphatic hydroxyl groups is 1. The van der Waals surface area contributed by atoms with E-state index < -0.39 is 6.10 Å². The average Bonchev–Trinajstić information content (AvgIpc) is 3.14. The third-order valence-corrected chi connectivity index (χ3v) is 3.44. The summed E-state index contributed by atoms with van der Waals surface area (Å²) in [5.74, 6) is 1.63. The van der Waals surface area contributed by atoms with Crippen molar-refractivity contribution in [2.45, 2.75) is 39.3 Å². The van der Waals surface area contributed by atoms with E-state index in [0.717, 1.165) is 24.3 Å². The normalized spacial score (nSPS) is 16.2. The van der Waals surface area contributed by atoms with Crippen molar-refractivity contribution < 1.29 is 14.3 Å². The van der Waals surface area contributed by atoms with E-state index in [1.54, 1.807) is 7.05 Å². The number of rotatable bonds is 5. The molecule has 2 rings (SSSR count). The first kappa shape index (κ1) is 13.9. The van der Waals surface area contributed by atoms with Gasteiger partial charge in [0.25, 0.3) is 0 Å². The zero-order chi connectivity index (χ0) is 14.0. The number of carbonyl (C=O) groups is 1. The smallest absolute Gasteiger partial charge is 0.317 e. The second-order valence-corrected chi connectivity index (χ2v) is 5.19. The Bertz CT molecular complexity index is 434. The van der Waals surface area contributed by atoms with Gasteiger partial charge in [-0.2, -0.15) is 0 Å². The number of aromatic nitrogens is 1. The molecule has 1 saturated carbocycles. The van der Waals surface area contributed by atoms with Crippen LogP contribution < -0.4 is 5.32 Å². The number of carbonyl (C=O) groups excluding carboxylic acids is 1. The molecule has 1 aromatic rings. The Morgan fingerprint density at radius 3 is 2.79 bits per heavy atom. The Morgan fingerprint density at radius 1 is 1.58 bits per heavy atom. The maximum Gasteiger partial charge on any atom is 0.317 e. The molecule has 106 valence electrons. The van der Waals surface area contributed by atoms with Gasteiger partial charge in [0.2, 0.25) is 5.89 Å². The first-order valence-electron chi connectivity index (χ1n) is 6.57. The fourth-order valence-corrected chi connectivity index (χ4v) is 1.89. The van der Waals surface area contributed by atoms with Crippen LogP contribution in [0.5, 0.6) is 0 Å². The van der Waals surface area contributed by atoms with Gasteiger partial charge in [-0.25, -0.2) is 9.78 Å². The molecule has 6 nitrogen and oxygen atoms in total. The number of aryl methyl sites for hydroxylation is 2. The monoisotopic (exact) mass is 267 g/mol. The zero-order valence-corrected chi connectivity index (χ0v) is 11.6. The molecule has 6 heteroatoms. The van der Waals surface area contributed by atoms with Gasteiger partial charge in [-0.1, -0.05) is 0 Å². The summed E-state index contributed by atoms with van der Waals surface area (Å²) in [5.41, 5.74) is 0.835. The molecule has 2 N–H and O–H groups in total. The molecule has 0 bridgehead atoms. The van der Waals surface area contributed by atoms with Crippen LogP contribution >= 0.6 is 0 Å². The summed E-state index contributed by atoms with van der Waals surface area (Å²) in [7, 11) is 1.67. The van der Waals surface area contributed by atoms with Crippen molar-refractivity contribution in [1.29, 1.82) is 0 Å². The van der Waals surface area contributed by atoms with Crippen molar-refractivity contribution >= 4 is 6.03 Å². The number of urea groups is 1. The topological polar surface area (TPSA) is 78.6 Å². The van der Waals surface area contributed by atoms with Crippen molar-refractivity contribution in [3.05, 3.63) is 17.3 Å². The Hall–Kier alpha value is -1.56. The summed E-state index contributed by atoms with van der Waals surface area (Å²) in [4.78, 5) is 17.5. The van der Waals surface area contributed by atoms with Crippen molar-refractivity contribution in [2.75, 3.05) is 13.6 Å².